The lowest BCUT2D eigenvalue weighted by atomic mass is 10.0. The number of nitrogens with one attached hydrogen (secondary N) is 1. The van der Waals surface area contributed by atoms with Crippen molar-refractivity contribution in [2.75, 3.05) is 5.73 Å². The molecule has 0 amide bonds. The number of benzene rings is 1. The van der Waals surface area contributed by atoms with Crippen LogP contribution in [0.4, 0.5) is 5.69 Å². The normalized spacial score (nSPS) is 10.3. The molecule has 0 bridgehead atoms. The number of hydrogen-bond acceptors (Lipinski definition) is 3. The van der Waals surface area contributed by atoms with Crippen molar-refractivity contribution in [3.8, 4) is 11.1 Å². The minimum absolute atomic E-state index is 0.137. The summed E-state index contributed by atoms with van der Waals surface area (Å²) >= 11 is 0. The first-order chi connectivity index (χ1) is 8.49. The lowest BCUT2D eigenvalue weighted by molar-refractivity contribution is 0.0697. The SMILES string of the molecule is Cc1[nH]c(=O)c(N)cc1-c1ccc(C(=O)O)cc1. The van der Waals surface area contributed by atoms with Crippen LogP contribution in [0.25, 0.3) is 11.1 Å². The van der Waals surface area contributed by atoms with E-state index in [1.807, 2.05) is 0 Å². The Bertz CT molecular complexity index is 657. The summed E-state index contributed by atoms with van der Waals surface area (Å²) in [6.07, 6.45) is 0. The van der Waals surface area contributed by atoms with Crippen LogP contribution in [0.1, 0.15) is 16.1 Å². The van der Waals surface area contributed by atoms with Crippen LogP contribution in [0.5, 0.6) is 0 Å². The van der Waals surface area contributed by atoms with Gasteiger partial charge in [0.25, 0.3) is 5.56 Å². The second kappa shape index (κ2) is 4.37. The summed E-state index contributed by atoms with van der Waals surface area (Å²) in [6, 6.07) is 7.98. The van der Waals surface area contributed by atoms with Gasteiger partial charge in [-0.05, 0) is 30.7 Å². The zero-order valence-electron chi connectivity index (χ0n) is 9.73. The third-order valence-corrected chi connectivity index (χ3v) is 2.71. The monoisotopic (exact) mass is 244 g/mol. The number of nitrogens with two attached hydrogens (primary N) is 1. The molecule has 0 saturated carbocycles. The van der Waals surface area contributed by atoms with Crippen molar-refractivity contribution in [3.63, 3.8) is 0 Å². The number of nitrogen functional groups attached to an aromatic ring is 1. The third kappa shape index (κ3) is 2.10. The van der Waals surface area contributed by atoms with Crippen molar-refractivity contribution >= 4 is 11.7 Å². The van der Waals surface area contributed by atoms with Crippen LogP contribution in [-0.4, -0.2) is 16.1 Å². The molecule has 0 fully saturated rings. The van der Waals surface area contributed by atoms with Crippen LogP contribution in [0.2, 0.25) is 0 Å². The molecule has 2 rings (SSSR count). The summed E-state index contributed by atoms with van der Waals surface area (Å²) < 4.78 is 0. The molecular formula is C13H12N2O3. The molecule has 5 nitrogen and oxygen atoms in total. The molecule has 5 heteroatoms. The number of hydrogen-bond donors (Lipinski definition) is 3. The molecule has 0 spiro atoms. The number of aryl methyl sites for hydroxylation is 1. The number of pyridine rings is 1. The fraction of sp³-hybridized carbons (Fsp3) is 0.0769. The van der Waals surface area contributed by atoms with E-state index in [0.29, 0.717) is 5.69 Å². The summed E-state index contributed by atoms with van der Waals surface area (Å²) in [7, 11) is 0. The molecule has 1 aromatic carbocycles. The molecule has 0 atom stereocenters. The first-order valence-electron chi connectivity index (χ1n) is 5.32. The topological polar surface area (TPSA) is 96.2 Å². The Morgan fingerprint density at radius 3 is 2.44 bits per heavy atom. The van der Waals surface area contributed by atoms with Crippen molar-refractivity contribution in [2.45, 2.75) is 6.92 Å². The summed E-state index contributed by atoms with van der Waals surface area (Å²) in [5.41, 5.74) is 7.88. The molecule has 2 aromatic rings. The number of anilines is 1. The highest BCUT2D eigenvalue weighted by Gasteiger charge is 2.07. The number of rotatable bonds is 2. The smallest absolute Gasteiger partial charge is 0.335 e. The van der Waals surface area contributed by atoms with Gasteiger partial charge in [-0.1, -0.05) is 12.1 Å². The Labute approximate surface area is 103 Å². The molecule has 0 unspecified atom stereocenters. The number of aromatic amines is 1. The van der Waals surface area contributed by atoms with Crippen LogP contribution in [-0.2, 0) is 0 Å². The Morgan fingerprint density at radius 1 is 1.28 bits per heavy atom. The standard InChI is InChI=1S/C13H12N2O3/c1-7-10(6-11(14)12(16)15-7)8-2-4-9(5-3-8)13(17)18/h2-6H,14H2,1H3,(H,15,16)(H,17,18). The highest BCUT2D eigenvalue weighted by molar-refractivity contribution is 5.88. The number of carboxylic acid groups (broad SMARTS) is 1. The highest BCUT2D eigenvalue weighted by Crippen LogP contribution is 2.22. The van der Waals surface area contributed by atoms with Crippen LogP contribution in [0.3, 0.4) is 0 Å². The van der Waals surface area contributed by atoms with E-state index in [4.69, 9.17) is 10.8 Å². The van der Waals surface area contributed by atoms with E-state index >= 15 is 0 Å². The Hall–Kier alpha value is -2.56. The average molecular weight is 244 g/mol. The van der Waals surface area contributed by atoms with Gasteiger partial charge in [0, 0.05) is 11.3 Å². The predicted octanol–water partition coefficient (Wildman–Crippen LogP) is 1.63. The first kappa shape index (κ1) is 11.9. The van der Waals surface area contributed by atoms with Crippen molar-refractivity contribution in [1.29, 1.82) is 0 Å². The number of H-pyrrole nitrogens is 1. The zero-order chi connectivity index (χ0) is 13.3. The second-order valence-electron chi connectivity index (χ2n) is 3.97. The Kier molecular flexibility index (Phi) is 2.89. The summed E-state index contributed by atoms with van der Waals surface area (Å²) in [5.74, 6) is -0.973. The molecule has 0 aliphatic carbocycles. The van der Waals surface area contributed by atoms with Gasteiger partial charge >= 0.3 is 5.97 Å². The maximum Gasteiger partial charge on any atom is 0.335 e. The molecule has 18 heavy (non-hydrogen) atoms. The van der Waals surface area contributed by atoms with Crippen LogP contribution in [0, 0.1) is 6.92 Å². The van der Waals surface area contributed by atoms with Crippen molar-refractivity contribution < 1.29 is 9.90 Å². The molecular weight excluding hydrogens is 232 g/mol. The quantitative estimate of drug-likeness (QED) is 0.748. The van der Waals surface area contributed by atoms with Crippen molar-refractivity contribution in [1.82, 2.24) is 4.98 Å². The van der Waals surface area contributed by atoms with Crippen LogP contribution < -0.4 is 11.3 Å². The van der Waals surface area contributed by atoms with E-state index in [1.54, 1.807) is 25.1 Å². The summed E-state index contributed by atoms with van der Waals surface area (Å²) in [5, 5.41) is 8.81. The Balaban J connectivity index is 2.52. The second-order valence-corrected chi connectivity index (χ2v) is 3.97. The van der Waals surface area contributed by atoms with Gasteiger partial charge in [-0.15, -0.1) is 0 Å². The van der Waals surface area contributed by atoms with Crippen molar-refractivity contribution in [2.24, 2.45) is 0 Å². The number of aromatic nitrogens is 1. The highest BCUT2D eigenvalue weighted by atomic mass is 16.4. The molecule has 92 valence electrons. The fourth-order valence-corrected chi connectivity index (χ4v) is 1.73. The van der Waals surface area contributed by atoms with Gasteiger partial charge in [-0.3, -0.25) is 4.79 Å². The van der Waals surface area contributed by atoms with Gasteiger partial charge < -0.3 is 15.8 Å². The number of aromatic carboxylic acids is 1. The van der Waals surface area contributed by atoms with Gasteiger partial charge in [-0.2, -0.15) is 0 Å². The molecule has 0 radical (unpaired) electrons. The van der Waals surface area contributed by atoms with E-state index < -0.39 is 5.97 Å². The van der Waals surface area contributed by atoms with Gasteiger partial charge in [0.05, 0.1) is 11.3 Å². The first-order valence-corrected chi connectivity index (χ1v) is 5.32. The predicted molar refractivity (Wildman–Crippen MR) is 68.6 cm³/mol. The molecule has 0 saturated heterocycles. The van der Waals surface area contributed by atoms with E-state index in [-0.39, 0.29) is 16.8 Å². The Morgan fingerprint density at radius 2 is 1.89 bits per heavy atom. The summed E-state index contributed by atoms with van der Waals surface area (Å²) in [6.45, 7) is 1.77. The molecule has 0 aliphatic heterocycles. The minimum Gasteiger partial charge on any atom is -0.478 e. The van der Waals surface area contributed by atoms with Crippen LogP contribution >= 0.6 is 0 Å². The van der Waals surface area contributed by atoms with E-state index in [9.17, 15) is 9.59 Å². The summed E-state index contributed by atoms with van der Waals surface area (Å²) in [4.78, 5) is 24.7. The van der Waals surface area contributed by atoms with Gasteiger partial charge in [0.1, 0.15) is 0 Å². The van der Waals surface area contributed by atoms with E-state index in [1.165, 1.54) is 12.1 Å². The molecule has 1 heterocycles. The molecule has 1 aromatic heterocycles. The maximum absolute atomic E-state index is 11.3. The van der Waals surface area contributed by atoms with Gasteiger partial charge in [0.2, 0.25) is 0 Å². The maximum atomic E-state index is 11.3. The minimum atomic E-state index is -0.973. The zero-order valence-corrected chi connectivity index (χ0v) is 9.73. The third-order valence-electron chi connectivity index (χ3n) is 2.71. The van der Waals surface area contributed by atoms with Gasteiger partial charge in [0.15, 0.2) is 0 Å². The van der Waals surface area contributed by atoms with Crippen molar-refractivity contribution in [3.05, 3.63) is 51.9 Å². The largest absolute Gasteiger partial charge is 0.478 e. The van der Waals surface area contributed by atoms with Gasteiger partial charge in [-0.25, -0.2) is 4.79 Å². The van der Waals surface area contributed by atoms with Crippen LogP contribution in [0.15, 0.2) is 35.1 Å². The number of carbonyl (C=O) groups is 1. The number of carboxylic acids is 1. The van der Waals surface area contributed by atoms with E-state index in [0.717, 1.165) is 11.1 Å². The lowest BCUT2D eigenvalue weighted by Gasteiger charge is -2.07. The average Bonchev–Trinajstić information content (AvgIpc) is 2.34. The fourth-order valence-electron chi connectivity index (χ4n) is 1.73. The molecule has 0 aliphatic rings. The molecule has 4 N–H and O–H groups in total. The van der Waals surface area contributed by atoms with E-state index in [2.05, 4.69) is 4.98 Å². The lowest BCUT2D eigenvalue weighted by Crippen LogP contribution is -2.13.